The number of hydrogen-bond donors (Lipinski definition) is 1. The quantitative estimate of drug-likeness (QED) is 0.847. The van der Waals surface area contributed by atoms with Gasteiger partial charge in [-0.2, -0.15) is 4.40 Å². The highest BCUT2D eigenvalue weighted by Crippen LogP contribution is 2.34. The maximum absolute atomic E-state index is 11.9. The SMILES string of the molecule is CC(C)(C)[S@](=O)N=CC1(NC(=O)OCc2ccccc2)CC1. The molecule has 22 heavy (non-hydrogen) atoms. The van der Waals surface area contributed by atoms with Gasteiger partial charge in [-0.1, -0.05) is 30.3 Å². The molecule has 1 aliphatic carbocycles. The van der Waals surface area contributed by atoms with Gasteiger partial charge in [-0.25, -0.2) is 9.00 Å². The summed E-state index contributed by atoms with van der Waals surface area (Å²) in [5.41, 5.74) is 0.444. The second-order valence-corrected chi connectivity index (χ2v) is 8.37. The molecule has 5 nitrogen and oxygen atoms in total. The van der Waals surface area contributed by atoms with Crippen LogP contribution in [0.3, 0.4) is 0 Å². The highest BCUT2D eigenvalue weighted by Gasteiger charge is 2.43. The Morgan fingerprint density at radius 1 is 1.36 bits per heavy atom. The molecule has 1 aliphatic rings. The molecule has 0 heterocycles. The zero-order valence-corrected chi connectivity index (χ0v) is 14.0. The average molecular weight is 322 g/mol. The summed E-state index contributed by atoms with van der Waals surface area (Å²) in [6.45, 7) is 5.82. The Hall–Kier alpha value is -1.69. The molecule has 6 heteroatoms. The van der Waals surface area contributed by atoms with Crippen molar-refractivity contribution in [2.75, 3.05) is 0 Å². The fraction of sp³-hybridized carbons (Fsp3) is 0.500. The molecular weight excluding hydrogens is 300 g/mol. The van der Waals surface area contributed by atoms with Crippen molar-refractivity contribution in [3.8, 4) is 0 Å². The summed E-state index contributed by atoms with van der Waals surface area (Å²) in [5, 5.41) is 2.80. The first-order valence-corrected chi connectivity index (χ1v) is 8.38. The second-order valence-electron chi connectivity index (χ2n) is 6.44. The van der Waals surface area contributed by atoms with Gasteiger partial charge in [-0.15, -0.1) is 0 Å². The van der Waals surface area contributed by atoms with Gasteiger partial charge < -0.3 is 10.1 Å². The summed E-state index contributed by atoms with van der Waals surface area (Å²) < 4.78 is 20.8. The number of rotatable bonds is 5. The van der Waals surface area contributed by atoms with E-state index in [9.17, 15) is 9.00 Å². The predicted octanol–water partition coefficient (Wildman–Crippen LogP) is 2.98. The maximum Gasteiger partial charge on any atom is 0.408 e. The summed E-state index contributed by atoms with van der Waals surface area (Å²) in [6.07, 6.45) is 2.70. The fourth-order valence-electron chi connectivity index (χ4n) is 1.69. The number of nitrogens with zero attached hydrogens (tertiary/aromatic N) is 1. The van der Waals surface area contributed by atoms with Crippen molar-refractivity contribution in [2.24, 2.45) is 4.40 Å². The Morgan fingerprint density at radius 2 is 2.00 bits per heavy atom. The average Bonchev–Trinajstić information content (AvgIpc) is 3.22. The zero-order chi connectivity index (χ0) is 16.2. The third-order valence-electron chi connectivity index (χ3n) is 3.27. The monoisotopic (exact) mass is 322 g/mol. The highest BCUT2D eigenvalue weighted by molar-refractivity contribution is 7.85. The lowest BCUT2D eigenvalue weighted by Crippen LogP contribution is -2.38. The summed E-state index contributed by atoms with van der Waals surface area (Å²) >= 11 is 0. The van der Waals surface area contributed by atoms with E-state index in [2.05, 4.69) is 9.71 Å². The standard InChI is InChI=1S/C16H22N2O3S/c1-15(2,3)22(20)17-12-16(9-10-16)18-14(19)21-11-13-7-5-4-6-8-13/h4-8,12H,9-11H2,1-3H3,(H,18,19)/t22-/m0/s1. The van der Waals surface area contributed by atoms with Crippen molar-refractivity contribution in [2.45, 2.75) is 50.5 Å². The summed E-state index contributed by atoms with van der Waals surface area (Å²) in [4.78, 5) is 11.8. The topological polar surface area (TPSA) is 67.8 Å². The molecule has 1 fully saturated rings. The number of carbonyl (C=O) groups excluding carboxylic acids is 1. The predicted molar refractivity (Wildman–Crippen MR) is 88.1 cm³/mol. The Balaban J connectivity index is 1.83. The number of alkyl carbamates (subject to hydrolysis) is 1. The third kappa shape index (κ3) is 4.94. The van der Waals surface area contributed by atoms with Gasteiger partial charge in [-0.3, -0.25) is 0 Å². The molecule has 0 radical (unpaired) electrons. The molecule has 120 valence electrons. The Bertz CT molecular complexity index is 575. The largest absolute Gasteiger partial charge is 0.445 e. The number of ether oxygens (including phenoxy) is 1. The number of hydrogen-bond acceptors (Lipinski definition) is 3. The van der Waals surface area contributed by atoms with Gasteiger partial charge >= 0.3 is 6.09 Å². The van der Waals surface area contributed by atoms with E-state index in [1.165, 1.54) is 0 Å². The van der Waals surface area contributed by atoms with E-state index in [0.717, 1.165) is 18.4 Å². The molecule has 0 bridgehead atoms. The van der Waals surface area contributed by atoms with E-state index in [1.807, 2.05) is 51.1 Å². The van der Waals surface area contributed by atoms with Crippen LogP contribution in [-0.4, -0.2) is 26.8 Å². The smallest absolute Gasteiger partial charge is 0.408 e. The molecule has 1 amide bonds. The first-order chi connectivity index (χ1) is 10.3. The minimum Gasteiger partial charge on any atom is -0.445 e. The molecule has 1 saturated carbocycles. The van der Waals surface area contributed by atoms with Gasteiger partial charge in [0.25, 0.3) is 0 Å². The van der Waals surface area contributed by atoms with Crippen LogP contribution >= 0.6 is 0 Å². The summed E-state index contributed by atoms with van der Waals surface area (Å²) in [6, 6.07) is 9.50. The lowest BCUT2D eigenvalue weighted by Gasteiger charge is -2.15. The van der Waals surface area contributed by atoms with Crippen LogP contribution < -0.4 is 5.32 Å². The summed E-state index contributed by atoms with van der Waals surface area (Å²) in [5.74, 6) is 0. The number of nitrogens with one attached hydrogen (secondary N) is 1. The fourth-order valence-corrected chi connectivity index (χ4v) is 2.30. The molecule has 1 aromatic carbocycles. The van der Waals surface area contributed by atoms with E-state index >= 15 is 0 Å². The van der Waals surface area contributed by atoms with Crippen LogP contribution in [0.15, 0.2) is 34.7 Å². The van der Waals surface area contributed by atoms with Crippen LogP contribution in [0.25, 0.3) is 0 Å². The molecule has 1 N–H and O–H groups in total. The van der Waals surface area contributed by atoms with Crippen LogP contribution in [-0.2, 0) is 22.3 Å². The van der Waals surface area contributed by atoms with Crippen LogP contribution in [0, 0.1) is 0 Å². The minimum absolute atomic E-state index is 0.230. The van der Waals surface area contributed by atoms with Crippen LogP contribution in [0.2, 0.25) is 0 Å². The Morgan fingerprint density at radius 3 is 2.55 bits per heavy atom. The van der Waals surface area contributed by atoms with Crippen LogP contribution in [0.5, 0.6) is 0 Å². The second kappa shape index (κ2) is 6.60. The first kappa shape index (κ1) is 16.7. The number of amides is 1. The lowest BCUT2D eigenvalue weighted by molar-refractivity contribution is 0.137. The van der Waals surface area contributed by atoms with Gasteiger partial charge in [0, 0.05) is 6.21 Å². The van der Waals surface area contributed by atoms with Crippen molar-refractivity contribution in [3.63, 3.8) is 0 Å². The molecule has 1 aromatic rings. The summed E-state index contributed by atoms with van der Waals surface area (Å²) in [7, 11) is -1.31. The van der Waals surface area contributed by atoms with Crippen molar-refractivity contribution in [1.29, 1.82) is 0 Å². The van der Waals surface area contributed by atoms with Crippen LogP contribution in [0.4, 0.5) is 4.79 Å². The highest BCUT2D eigenvalue weighted by atomic mass is 32.2. The maximum atomic E-state index is 11.9. The van der Waals surface area contributed by atoms with Gasteiger partial charge in [0.2, 0.25) is 0 Å². The van der Waals surface area contributed by atoms with Gasteiger partial charge in [0.15, 0.2) is 0 Å². The lowest BCUT2D eigenvalue weighted by atomic mass is 10.2. The van der Waals surface area contributed by atoms with E-state index in [1.54, 1.807) is 6.21 Å². The van der Waals surface area contributed by atoms with Crippen molar-refractivity contribution >= 4 is 23.3 Å². The number of carbonyl (C=O) groups is 1. The van der Waals surface area contributed by atoms with E-state index < -0.39 is 27.4 Å². The van der Waals surface area contributed by atoms with E-state index in [-0.39, 0.29) is 6.61 Å². The van der Waals surface area contributed by atoms with Gasteiger partial charge in [0.1, 0.15) is 17.6 Å². The van der Waals surface area contributed by atoms with Gasteiger partial charge in [-0.05, 0) is 39.2 Å². The van der Waals surface area contributed by atoms with Crippen molar-refractivity contribution in [3.05, 3.63) is 35.9 Å². The van der Waals surface area contributed by atoms with Crippen LogP contribution in [0.1, 0.15) is 39.2 Å². The molecule has 0 saturated heterocycles. The normalized spacial score (nSPS) is 18.0. The Labute approximate surface area is 133 Å². The first-order valence-electron chi connectivity index (χ1n) is 7.27. The van der Waals surface area contributed by atoms with E-state index in [0.29, 0.717) is 0 Å². The number of benzene rings is 1. The zero-order valence-electron chi connectivity index (χ0n) is 13.2. The molecule has 0 spiro atoms. The Kier molecular flexibility index (Phi) is 5.01. The molecule has 1 atom stereocenters. The molecule has 0 aliphatic heterocycles. The van der Waals surface area contributed by atoms with Crippen molar-refractivity contribution < 1.29 is 13.7 Å². The molecular formula is C16H22N2O3S. The molecule has 0 unspecified atom stereocenters. The van der Waals surface area contributed by atoms with Crippen molar-refractivity contribution in [1.82, 2.24) is 5.32 Å². The molecule has 2 rings (SSSR count). The molecule has 0 aromatic heterocycles. The third-order valence-corrected chi connectivity index (χ3v) is 4.62. The van der Waals surface area contributed by atoms with E-state index in [4.69, 9.17) is 4.74 Å². The van der Waals surface area contributed by atoms with Gasteiger partial charge in [0.05, 0.1) is 10.3 Å². The minimum atomic E-state index is -1.31.